The number of aliphatic hydroxyl groups excluding tert-OH is 1. The number of aliphatic hydroxyl groups is 1. The largest absolute Gasteiger partial charge is 0.411 e. The summed E-state index contributed by atoms with van der Waals surface area (Å²) in [5.74, 6) is 0.166. The van der Waals surface area contributed by atoms with Crippen molar-refractivity contribution in [2.24, 2.45) is 5.92 Å². The number of ether oxygens (including phenoxy) is 1. The molecule has 90 valence electrons. The van der Waals surface area contributed by atoms with Crippen molar-refractivity contribution in [3.63, 3.8) is 0 Å². The first-order valence-corrected chi connectivity index (χ1v) is 8.55. The topological polar surface area (TPSA) is 38.7 Å². The van der Waals surface area contributed by atoms with Gasteiger partial charge in [0, 0.05) is 5.92 Å². The van der Waals surface area contributed by atoms with Crippen molar-refractivity contribution in [2.45, 2.75) is 45.0 Å². The van der Waals surface area contributed by atoms with E-state index in [-0.39, 0.29) is 23.7 Å². The molecule has 0 saturated carbocycles. The third-order valence-electron chi connectivity index (χ3n) is 3.63. The molecule has 0 aromatic heterocycles. The predicted octanol–water partition coefficient (Wildman–Crippen LogP) is 2.02. The number of hydrogen-bond acceptors (Lipinski definition) is 3. The van der Waals surface area contributed by atoms with Crippen molar-refractivity contribution in [3.05, 3.63) is 0 Å². The third kappa shape index (κ3) is 3.03. The van der Waals surface area contributed by atoms with E-state index in [1.165, 1.54) is 0 Å². The molecule has 2 atom stereocenters. The number of hydrogen-bond donors (Lipinski definition) is 1. The van der Waals surface area contributed by atoms with Crippen molar-refractivity contribution in [1.29, 1.82) is 0 Å². The van der Waals surface area contributed by atoms with E-state index in [0.717, 1.165) is 0 Å². The van der Waals surface area contributed by atoms with Crippen LogP contribution < -0.4 is 0 Å². The van der Waals surface area contributed by atoms with E-state index in [0.29, 0.717) is 13.2 Å². The van der Waals surface area contributed by atoms with E-state index >= 15 is 0 Å². The molecule has 0 amide bonds. The summed E-state index contributed by atoms with van der Waals surface area (Å²) >= 11 is 0. The molecule has 1 aliphatic rings. The van der Waals surface area contributed by atoms with Gasteiger partial charge in [-0.1, -0.05) is 20.8 Å². The summed E-state index contributed by atoms with van der Waals surface area (Å²) in [6, 6.07) is 0. The average molecular weight is 232 g/mol. The van der Waals surface area contributed by atoms with E-state index in [1.54, 1.807) is 0 Å². The standard InChI is InChI=1S/C11H24O3Si/c1-11(2,3)15(4,5)14-10-8-13-7-9(10)6-12/h9-10,12H,6-8H2,1-5H3. The van der Waals surface area contributed by atoms with E-state index in [2.05, 4.69) is 33.9 Å². The van der Waals surface area contributed by atoms with E-state index in [9.17, 15) is 5.11 Å². The molecule has 0 aromatic rings. The Bertz CT molecular complexity index is 210. The van der Waals surface area contributed by atoms with Crippen molar-refractivity contribution in [2.75, 3.05) is 19.8 Å². The molecule has 1 saturated heterocycles. The highest BCUT2D eigenvalue weighted by molar-refractivity contribution is 6.74. The van der Waals surface area contributed by atoms with Gasteiger partial charge in [-0.05, 0) is 18.1 Å². The predicted molar refractivity (Wildman–Crippen MR) is 63.5 cm³/mol. The lowest BCUT2D eigenvalue weighted by atomic mass is 10.1. The first kappa shape index (κ1) is 13.2. The highest BCUT2D eigenvalue weighted by Crippen LogP contribution is 2.38. The summed E-state index contributed by atoms with van der Waals surface area (Å²) in [7, 11) is -1.72. The van der Waals surface area contributed by atoms with Crippen LogP contribution in [0.15, 0.2) is 0 Å². The van der Waals surface area contributed by atoms with E-state index in [1.807, 2.05) is 0 Å². The normalized spacial score (nSPS) is 28.4. The van der Waals surface area contributed by atoms with Crippen LogP contribution in [-0.2, 0) is 9.16 Å². The van der Waals surface area contributed by atoms with Crippen LogP contribution in [0, 0.1) is 5.92 Å². The molecule has 1 N–H and O–H groups in total. The second kappa shape index (κ2) is 4.53. The Hall–Kier alpha value is 0.0969. The Morgan fingerprint density at radius 2 is 1.93 bits per heavy atom. The molecular weight excluding hydrogens is 208 g/mol. The Labute approximate surface area is 93.9 Å². The zero-order chi connectivity index (χ0) is 11.7. The Morgan fingerprint density at radius 3 is 2.40 bits per heavy atom. The third-order valence-corrected chi connectivity index (χ3v) is 8.13. The highest BCUT2D eigenvalue weighted by atomic mass is 28.4. The lowest BCUT2D eigenvalue weighted by molar-refractivity contribution is 0.106. The maximum absolute atomic E-state index is 9.19. The van der Waals surface area contributed by atoms with Crippen molar-refractivity contribution in [1.82, 2.24) is 0 Å². The molecule has 1 aliphatic heterocycles. The molecule has 1 rings (SSSR count). The van der Waals surface area contributed by atoms with Crippen LogP contribution in [0.2, 0.25) is 18.1 Å². The highest BCUT2D eigenvalue weighted by Gasteiger charge is 2.42. The molecule has 0 bridgehead atoms. The van der Waals surface area contributed by atoms with Gasteiger partial charge in [-0.2, -0.15) is 0 Å². The molecule has 3 nitrogen and oxygen atoms in total. The van der Waals surface area contributed by atoms with Gasteiger partial charge in [0.15, 0.2) is 8.32 Å². The first-order valence-electron chi connectivity index (χ1n) is 5.64. The van der Waals surface area contributed by atoms with Crippen molar-refractivity contribution in [3.8, 4) is 0 Å². The molecule has 4 heteroatoms. The lowest BCUT2D eigenvalue weighted by Crippen LogP contribution is -2.46. The van der Waals surface area contributed by atoms with Crippen molar-refractivity contribution >= 4 is 8.32 Å². The van der Waals surface area contributed by atoms with E-state index in [4.69, 9.17) is 9.16 Å². The molecule has 1 heterocycles. The lowest BCUT2D eigenvalue weighted by Gasteiger charge is -2.39. The fourth-order valence-electron chi connectivity index (χ4n) is 1.43. The summed E-state index contributed by atoms with van der Waals surface area (Å²) in [5.41, 5.74) is 0. The first-order chi connectivity index (χ1) is 6.78. The quantitative estimate of drug-likeness (QED) is 0.757. The molecule has 1 fully saturated rings. The molecule has 0 aliphatic carbocycles. The second-order valence-corrected chi connectivity index (χ2v) is 10.7. The zero-order valence-electron chi connectivity index (χ0n) is 10.5. The fourth-order valence-corrected chi connectivity index (χ4v) is 2.81. The van der Waals surface area contributed by atoms with Gasteiger partial charge >= 0.3 is 0 Å². The van der Waals surface area contributed by atoms with Crippen LogP contribution in [0.1, 0.15) is 20.8 Å². The zero-order valence-corrected chi connectivity index (χ0v) is 11.5. The minimum absolute atomic E-state index is 0.0934. The summed E-state index contributed by atoms with van der Waals surface area (Å²) < 4.78 is 11.6. The van der Waals surface area contributed by atoms with Crippen molar-refractivity contribution < 1.29 is 14.3 Å². The molecule has 0 aromatic carbocycles. The Kier molecular flexibility index (Phi) is 3.98. The van der Waals surface area contributed by atoms with Gasteiger partial charge in [-0.3, -0.25) is 0 Å². The van der Waals surface area contributed by atoms with Gasteiger partial charge in [-0.25, -0.2) is 0 Å². The van der Waals surface area contributed by atoms with Gasteiger partial charge in [0.05, 0.1) is 25.9 Å². The summed E-state index contributed by atoms with van der Waals surface area (Å²) in [4.78, 5) is 0. The van der Waals surface area contributed by atoms with Gasteiger partial charge < -0.3 is 14.3 Å². The van der Waals surface area contributed by atoms with Gasteiger partial charge in [0.1, 0.15) is 0 Å². The van der Waals surface area contributed by atoms with Gasteiger partial charge in [0.25, 0.3) is 0 Å². The van der Waals surface area contributed by atoms with Crippen LogP contribution >= 0.6 is 0 Å². The molecule has 0 spiro atoms. The summed E-state index contributed by atoms with van der Waals surface area (Å²) in [6.07, 6.45) is 0.0934. The number of rotatable bonds is 3. The summed E-state index contributed by atoms with van der Waals surface area (Å²) in [6.45, 7) is 12.6. The maximum atomic E-state index is 9.19. The Morgan fingerprint density at radius 1 is 1.33 bits per heavy atom. The second-order valence-electron chi connectivity index (χ2n) is 5.90. The van der Waals surface area contributed by atoms with Crippen LogP contribution in [0.3, 0.4) is 0 Å². The molecule has 0 radical (unpaired) electrons. The van der Waals surface area contributed by atoms with E-state index < -0.39 is 8.32 Å². The summed E-state index contributed by atoms with van der Waals surface area (Å²) in [5, 5.41) is 9.41. The van der Waals surface area contributed by atoms with Gasteiger partial charge in [-0.15, -0.1) is 0 Å². The monoisotopic (exact) mass is 232 g/mol. The SMILES string of the molecule is CC(C)(C)[Si](C)(C)OC1COCC1CO. The van der Waals surface area contributed by atoms with Crippen LogP contribution in [0.25, 0.3) is 0 Å². The molecule has 15 heavy (non-hydrogen) atoms. The molecular formula is C11H24O3Si. The Balaban J connectivity index is 2.60. The van der Waals surface area contributed by atoms with Crippen LogP contribution in [-0.4, -0.2) is 39.3 Å². The van der Waals surface area contributed by atoms with Gasteiger partial charge in [0.2, 0.25) is 0 Å². The molecule has 2 unspecified atom stereocenters. The minimum atomic E-state index is -1.72. The average Bonchev–Trinajstić information content (AvgIpc) is 2.48. The minimum Gasteiger partial charge on any atom is -0.411 e. The smallest absolute Gasteiger partial charge is 0.192 e. The fraction of sp³-hybridized carbons (Fsp3) is 1.00. The van der Waals surface area contributed by atoms with Crippen LogP contribution in [0.5, 0.6) is 0 Å². The maximum Gasteiger partial charge on any atom is 0.192 e. The van der Waals surface area contributed by atoms with Crippen LogP contribution in [0.4, 0.5) is 0 Å².